The van der Waals surface area contributed by atoms with Gasteiger partial charge >= 0.3 is 12.1 Å². The Balaban J connectivity index is 1.54. The third kappa shape index (κ3) is 7.19. The molecule has 0 bridgehead atoms. The maximum atomic E-state index is 13.4. The molecule has 4 atom stereocenters. The maximum Gasteiger partial charge on any atom is 0.408 e. The highest BCUT2D eigenvalue weighted by atomic mass is 32.2. The number of aliphatic carboxylic acids is 1. The molecule has 41 heavy (non-hydrogen) atoms. The van der Waals surface area contributed by atoms with Gasteiger partial charge in [-0.2, -0.15) is 5.21 Å². The van der Waals surface area contributed by atoms with Crippen molar-refractivity contribution in [2.45, 2.75) is 80.4 Å². The van der Waals surface area contributed by atoms with Gasteiger partial charge in [0.05, 0.1) is 0 Å². The molecular formula is C26H33N7O6S2. The van der Waals surface area contributed by atoms with Gasteiger partial charge in [-0.15, -0.1) is 22.0 Å². The predicted molar refractivity (Wildman–Crippen MR) is 152 cm³/mol. The molecule has 1 fully saturated rings. The molecule has 1 aromatic carbocycles. The molecular weight excluding hydrogens is 570 g/mol. The molecule has 1 aromatic heterocycles. The molecule has 0 radical (unpaired) electrons. The third-order valence-corrected chi connectivity index (χ3v) is 8.83. The summed E-state index contributed by atoms with van der Waals surface area (Å²) in [4.78, 5) is 53.0. The highest BCUT2D eigenvalue weighted by Crippen LogP contribution is 2.44. The molecule has 220 valence electrons. The smallest absolute Gasteiger partial charge is 0.408 e. The first-order valence-corrected chi connectivity index (χ1v) is 15.1. The van der Waals surface area contributed by atoms with Crippen LogP contribution in [0.3, 0.4) is 0 Å². The fraction of sp³-hybridized carbons (Fsp3) is 0.500. The normalized spacial score (nSPS) is 20.0. The number of rotatable bonds is 11. The van der Waals surface area contributed by atoms with Crippen molar-refractivity contribution in [2.75, 3.05) is 5.75 Å². The van der Waals surface area contributed by atoms with Gasteiger partial charge in [-0.3, -0.25) is 14.5 Å². The van der Waals surface area contributed by atoms with Crippen molar-refractivity contribution in [3.8, 4) is 0 Å². The summed E-state index contributed by atoms with van der Waals surface area (Å²) in [6.07, 6.45) is 1.64. The van der Waals surface area contributed by atoms with Gasteiger partial charge in [0.2, 0.25) is 11.1 Å². The van der Waals surface area contributed by atoms with Crippen LogP contribution in [0.1, 0.15) is 58.6 Å². The van der Waals surface area contributed by atoms with Crippen LogP contribution in [0.25, 0.3) is 0 Å². The van der Waals surface area contributed by atoms with Gasteiger partial charge in [0, 0.05) is 11.0 Å². The van der Waals surface area contributed by atoms with Gasteiger partial charge in [-0.05, 0) is 43.5 Å². The quantitative estimate of drug-likeness (QED) is 0.219. The van der Waals surface area contributed by atoms with Crippen molar-refractivity contribution in [1.82, 2.24) is 36.2 Å². The average molecular weight is 604 g/mol. The molecule has 13 nitrogen and oxygen atoms in total. The van der Waals surface area contributed by atoms with Crippen molar-refractivity contribution in [3.05, 3.63) is 47.2 Å². The molecule has 3 amide bonds. The fourth-order valence-corrected chi connectivity index (χ4v) is 7.11. The zero-order chi connectivity index (χ0) is 29.7. The van der Waals surface area contributed by atoms with Gasteiger partial charge in [0.25, 0.3) is 5.91 Å². The number of hydrogen-bond donors (Lipinski definition) is 4. The van der Waals surface area contributed by atoms with Gasteiger partial charge in [0.15, 0.2) is 0 Å². The van der Waals surface area contributed by atoms with Crippen molar-refractivity contribution in [3.63, 3.8) is 0 Å². The van der Waals surface area contributed by atoms with Crippen LogP contribution < -0.4 is 10.6 Å². The number of carboxylic acid groups (broad SMARTS) is 1. The second kappa shape index (κ2) is 12.9. The molecule has 1 saturated heterocycles. The highest BCUT2D eigenvalue weighted by molar-refractivity contribution is 8.01. The van der Waals surface area contributed by atoms with Crippen molar-refractivity contribution in [2.24, 2.45) is 0 Å². The summed E-state index contributed by atoms with van der Waals surface area (Å²) < 4.78 is 5.33. The van der Waals surface area contributed by atoms with E-state index in [0.29, 0.717) is 28.5 Å². The van der Waals surface area contributed by atoms with E-state index in [1.165, 1.54) is 28.4 Å². The Morgan fingerprint density at radius 2 is 2.00 bits per heavy atom. The number of aromatic amines is 1. The largest absolute Gasteiger partial charge is 0.477 e. The molecule has 3 unspecified atom stereocenters. The number of carboxylic acids is 1. The Hall–Kier alpha value is -3.59. The molecule has 2 aliphatic rings. The van der Waals surface area contributed by atoms with Crippen molar-refractivity contribution < 1.29 is 29.0 Å². The number of tetrazole rings is 1. The van der Waals surface area contributed by atoms with E-state index in [-0.39, 0.29) is 10.9 Å². The third-order valence-electron chi connectivity index (χ3n) is 6.34. The molecule has 2 aliphatic heterocycles. The van der Waals surface area contributed by atoms with E-state index >= 15 is 0 Å². The molecule has 4 rings (SSSR count). The number of benzene rings is 1. The number of H-pyrrole nitrogens is 1. The lowest BCUT2D eigenvalue weighted by Crippen LogP contribution is -2.71. The number of thioether (sulfide) groups is 2. The number of unbranched alkanes of at least 4 members (excludes halogenated alkanes) is 1. The first-order chi connectivity index (χ1) is 19.5. The van der Waals surface area contributed by atoms with Crippen LogP contribution in [-0.4, -0.2) is 82.5 Å². The standard InChI is InChI=1S/C26H33N7O6S2/c1-5-6-12-16(41-24-29-31-32-30-24)15-13-40-22-18(21(35)33(22)19(15)23(36)37)27-20(34)17(14-10-8-7-9-11-14)28-25(38)39-26(2,3)4/h7-11,16-18,22H,5-6,12-13H2,1-4H3,(H,27,34)(H,28,38)(H,36,37)(H,29,30,31,32)/t16?,17?,18?,22-/m0/s1. The van der Waals surface area contributed by atoms with Crippen LogP contribution in [0.5, 0.6) is 0 Å². The van der Waals surface area contributed by atoms with Gasteiger partial charge < -0.3 is 20.5 Å². The van der Waals surface area contributed by atoms with E-state index in [4.69, 9.17) is 4.74 Å². The Morgan fingerprint density at radius 3 is 2.61 bits per heavy atom. The number of β-lactam (4-membered cyclic amide) rings is 1. The van der Waals surface area contributed by atoms with Crippen molar-refractivity contribution >= 4 is 47.4 Å². The topological polar surface area (TPSA) is 179 Å². The minimum Gasteiger partial charge on any atom is -0.477 e. The number of nitrogens with one attached hydrogen (secondary N) is 3. The van der Waals surface area contributed by atoms with E-state index in [1.807, 2.05) is 6.92 Å². The van der Waals surface area contributed by atoms with E-state index in [1.54, 1.807) is 51.1 Å². The summed E-state index contributed by atoms with van der Waals surface area (Å²) in [7, 11) is 0. The second-order valence-electron chi connectivity index (χ2n) is 10.5. The summed E-state index contributed by atoms with van der Waals surface area (Å²) in [6, 6.07) is 6.51. The number of nitrogens with zero attached hydrogens (tertiary/aromatic N) is 4. The molecule has 3 heterocycles. The van der Waals surface area contributed by atoms with Crippen LogP contribution in [-0.2, 0) is 19.1 Å². The van der Waals surface area contributed by atoms with Crippen molar-refractivity contribution in [1.29, 1.82) is 0 Å². The minimum absolute atomic E-state index is 0.0761. The zero-order valence-electron chi connectivity index (χ0n) is 23.1. The Morgan fingerprint density at radius 1 is 1.27 bits per heavy atom. The van der Waals surface area contributed by atoms with Gasteiger partial charge in [-0.1, -0.05) is 61.9 Å². The number of alkyl carbamates (subject to hydrolysis) is 1. The van der Waals surface area contributed by atoms with E-state index in [0.717, 1.165) is 12.8 Å². The molecule has 0 saturated carbocycles. The lowest BCUT2D eigenvalue weighted by atomic mass is 9.98. The Labute approximate surface area is 245 Å². The van der Waals surface area contributed by atoms with Crippen LogP contribution >= 0.6 is 23.5 Å². The number of fused-ring (bicyclic) bond motifs is 1. The first kappa shape index (κ1) is 30.4. The van der Waals surface area contributed by atoms with Gasteiger partial charge in [-0.25, -0.2) is 9.59 Å². The highest BCUT2D eigenvalue weighted by Gasteiger charge is 2.55. The van der Waals surface area contributed by atoms with Crippen LogP contribution in [0, 0.1) is 0 Å². The number of ether oxygens (including phenoxy) is 1. The minimum atomic E-state index is -1.22. The fourth-order valence-electron chi connectivity index (χ4n) is 4.52. The summed E-state index contributed by atoms with van der Waals surface area (Å²) in [5, 5.41) is 29.0. The van der Waals surface area contributed by atoms with E-state index in [2.05, 4.69) is 31.3 Å². The summed E-state index contributed by atoms with van der Waals surface area (Å²) in [5.74, 6) is -2.01. The molecule has 0 spiro atoms. The van der Waals surface area contributed by atoms with E-state index < -0.39 is 46.9 Å². The summed E-state index contributed by atoms with van der Waals surface area (Å²) in [6.45, 7) is 7.17. The van der Waals surface area contributed by atoms with Crippen LogP contribution in [0.4, 0.5) is 4.79 Å². The lowest BCUT2D eigenvalue weighted by Gasteiger charge is -2.50. The number of carbonyl (C=O) groups excluding carboxylic acids is 3. The monoisotopic (exact) mass is 603 g/mol. The SMILES string of the molecule is CCCCC(Sc1nn[nH]n1)C1=C(C(=O)O)N2C(=O)C(NC(=O)C(NC(=O)OC(C)(C)C)c3ccccc3)[C@@H]2SC1. The Kier molecular flexibility index (Phi) is 9.58. The first-order valence-electron chi connectivity index (χ1n) is 13.2. The van der Waals surface area contributed by atoms with Crippen LogP contribution in [0.2, 0.25) is 0 Å². The number of carbonyl (C=O) groups is 4. The van der Waals surface area contributed by atoms with Gasteiger partial charge in [0.1, 0.15) is 28.8 Å². The molecule has 2 aromatic rings. The molecule has 0 aliphatic carbocycles. The predicted octanol–water partition coefficient (Wildman–Crippen LogP) is 2.86. The summed E-state index contributed by atoms with van der Waals surface area (Å²) >= 11 is 2.68. The van der Waals surface area contributed by atoms with Crippen LogP contribution in [0.15, 0.2) is 46.8 Å². The maximum absolute atomic E-state index is 13.4. The zero-order valence-corrected chi connectivity index (χ0v) is 24.8. The second-order valence-corrected chi connectivity index (χ2v) is 12.8. The molecule has 4 N–H and O–H groups in total. The Bertz CT molecular complexity index is 1300. The molecule has 15 heteroatoms. The number of amides is 3. The number of aromatic nitrogens is 4. The lowest BCUT2D eigenvalue weighted by molar-refractivity contribution is -0.151. The average Bonchev–Trinajstić information content (AvgIpc) is 3.44. The number of hydrogen-bond acceptors (Lipinski definition) is 10. The summed E-state index contributed by atoms with van der Waals surface area (Å²) in [5.41, 5.74) is 0.252. The van der Waals surface area contributed by atoms with E-state index in [9.17, 15) is 24.3 Å².